The molecule has 0 atom stereocenters. The molecule has 144 valence electrons. The van der Waals surface area contributed by atoms with E-state index in [1.807, 2.05) is 5.32 Å². The second-order valence-electron chi connectivity index (χ2n) is 7.34. The van der Waals surface area contributed by atoms with Crippen molar-refractivity contribution < 1.29 is 32.6 Å². The van der Waals surface area contributed by atoms with E-state index in [1.165, 1.54) is 0 Å². The quantitative estimate of drug-likeness (QED) is 0.804. The van der Waals surface area contributed by atoms with Gasteiger partial charge < -0.3 is 14.8 Å². The van der Waals surface area contributed by atoms with Crippen LogP contribution in [0.5, 0.6) is 0 Å². The van der Waals surface area contributed by atoms with Gasteiger partial charge in [-0.1, -0.05) is 0 Å². The van der Waals surface area contributed by atoms with Crippen LogP contribution in [-0.4, -0.2) is 29.8 Å². The summed E-state index contributed by atoms with van der Waals surface area (Å²) >= 11 is 0. The summed E-state index contributed by atoms with van der Waals surface area (Å²) in [5.74, 6) is -2.18. The number of anilines is 2. The molecule has 7 nitrogen and oxygen atoms in total. The second kappa shape index (κ2) is 7.67. The monoisotopic (exact) mass is 372 g/mol. The number of hydrogen-bond acceptors (Lipinski definition) is 5. The van der Waals surface area contributed by atoms with Gasteiger partial charge in [0.15, 0.2) is 0 Å². The van der Waals surface area contributed by atoms with E-state index in [1.54, 1.807) is 41.5 Å². The van der Waals surface area contributed by atoms with E-state index >= 15 is 0 Å². The van der Waals surface area contributed by atoms with Crippen LogP contribution in [0.25, 0.3) is 0 Å². The lowest BCUT2D eigenvalue weighted by Crippen LogP contribution is -2.44. The molecule has 0 heterocycles. The van der Waals surface area contributed by atoms with E-state index in [4.69, 9.17) is 9.47 Å². The van der Waals surface area contributed by atoms with Gasteiger partial charge in [0.25, 0.3) is 0 Å². The first-order valence-corrected chi connectivity index (χ1v) is 7.70. The summed E-state index contributed by atoms with van der Waals surface area (Å²) < 4.78 is 38.6. The van der Waals surface area contributed by atoms with Crippen LogP contribution in [0.15, 0.2) is 12.1 Å². The molecule has 26 heavy (non-hydrogen) atoms. The Morgan fingerprint density at radius 3 is 1.81 bits per heavy atom. The Kier molecular flexibility index (Phi) is 6.29. The lowest BCUT2D eigenvalue weighted by Gasteiger charge is -2.28. The lowest BCUT2D eigenvalue weighted by atomic mass is 10.2. The van der Waals surface area contributed by atoms with Gasteiger partial charge in [0.1, 0.15) is 22.8 Å². The molecule has 1 N–H and O–H groups in total. The maximum Gasteiger partial charge on any atom is 0.424 e. The predicted molar refractivity (Wildman–Crippen MR) is 91.0 cm³/mol. The Morgan fingerprint density at radius 1 is 0.962 bits per heavy atom. The molecule has 0 unspecified atom stereocenters. The SMILES string of the molecule is CC(C)(C)OC(=O)N(C(=O)OC(C)(C)C)c1cc(F)c(NC=O)cc1F. The number of ether oxygens (including phenoxy) is 2. The van der Waals surface area contributed by atoms with Crippen molar-refractivity contribution in [2.75, 3.05) is 10.2 Å². The van der Waals surface area contributed by atoms with Gasteiger partial charge in [-0.3, -0.25) is 4.79 Å². The number of hydrogen-bond donors (Lipinski definition) is 1. The summed E-state index contributed by atoms with van der Waals surface area (Å²) in [4.78, 5) is 35.5. The minimum atomic E-state index is -1.24. The van der Waals surface area contributed by atoms with Gasteiger partial charge in [0.05, 0.1) is 11.4 Å². The first-order chi connectivity index (χ1) is 11.7. The van der Waals surface area contributed by atoms with Crippen LogP contribution < -0.4 is 10.2 Å². The maximum atomic E-state index is 14.4. The first kappa shape index (κ1) is 21.3. The zero-order valence-corrected chi connectivity index (χ0v) is 15.5. The van der Waals surface area contributed by atoms with Gasteiger partial charge in [-0.2, -0.15) is 4.90 Å². The van der Waals surface area contributed by atoms with Crippen molar-refractivity contribution in [1.82, 2.24) is 0 Å². The molecule has 0 fully saturated rings. The third-order valence-corrected chi connectivity index (χ3v) is 2.64. The van der Waals surface area contributed by atoms with Crippen molar-refractivity contribution in [1.29, 1.82) is 0 Å². The lowest BCUT2D eigenvalue weighted by molar-refractivity contribution is -0.105. The van der Waals surface area contributed by atoms with Crippen molar-refractivity contribution in [3.63, 3.8) is 0 Å². The predicted octanol–water partition coefficient (Wildman–Crippen LogP) is 4.21. The molecule has 0 radical (unpaired) electrons. The first-order valence-electron chi connectivity index (χ1n) is 7.70. The zero-order chi connectivity index (χ0) is 20.3. The Bertz CT molecular complexity index is 680. The van der Waals surface area contributed by atoms with Gasteiger partial charge in [-0.05, 0) is 41.5 Å². The van der Waals surface area contributed by atoms with E-state index in [9.17, 15) is 23.2 Å². The van der Waals surface area contributed by atoms with Crippen molar-refractivity contribution in [2.24, 2.45) is 0 Å². The molecule has 0 saturated carbocycles. The maximum absolute atomic E-state index is 14.4. The minimum absolute atomic E-state index is 0.164. The third-order valence-electron chi connectivity index (χ3n) is 2.64. The molecule has 0 saturated heterocycles. The summed E-state index contributed by atoms with van der Waals surface area (Å²) in [7, 11) is 0. The largest absolute Gasteiger partial charge is 0.443 e. The summed E-state index contributed by atoms with van der Waals surface area (Å²) in [5.41, 5.74) is -3.14. The number of rotatable bonds is 3. The summed E-state index contributed by atoms with van der Waals surface area (Å²) in [6, 6.07) is 1.23. The smallest absolute Gasteiger partial charge is 0.424 e. The molecule has 0 aliphatic heterocycles. The van der Waals surface area contributed by atoms with Crippen molar-refractivity contribution >= 4 is 30.0 Å². The number of imide groups is 1. The molecular weight excluding hydrogens is 350 g/mol. The third kappa shape index (κ3) is 5.98. The molecule has 0 aliphatic rings. The van der Waals surface area contributed by atoms with Gasteiger partial charge in [-0.25, -0.2) is 18.4 Å². The molecule has 1 aromatic rings. The molecular formula is C17H22F2N2O5. The van der Waals surface area contributed by atoms with E-state index < -0.39 is 46.4 Å². The number of carbonyl (C=O) groups is 3. The highest BCUT2D eigenvalue weighted by atomic mass is 19.1. The van der Waals surface area contributed by atoms with Crippen molar-refractivity contribution in [2.45, 2.75) is 52.7 Å². The van der Waals surface area contributed by atoms with E-state index in [0.717, 1.165) is 0 Å². The normalized spacial score (nSPS) is 11.5. The molecule has 3 amide bonds. The molecule has 0 spiro atoms. The summed E-state index contributed by atoms with van der Waals surface area (Å²) in [6.07, 6.45) is -2.31. The fraction of sp³-hybridized carbons (Fsp3) is 0.471. The van der Waals surface area contributed by atoms with E-state index in [2.05, 4.69) is 0 Å². The molecule has 0 aliphatic carbocycles. The Balaban J connectivity index is 3.40. The van der Waals surface area contributed by atoms with Gasteiger partial charge >= 0.3 is 12.2 Å². The van der Waals surface area contributed by atoms with Crippen LogP contribution in [-0.2, 0) is 14.3 Å². The highest BCUT2D eigenvalue weighted by molar-refractivity contribution is 6.09. The number of amides is 3. The van der Waals surface area contributed by atoms with Crippen LogP contribution in [0, 0.1) is 11.6 Å². The molecule has 9 heteroatoms. The molecule has 1 rings (SSSR count). The van der Waals surface area contributed by atoms with Crippen LogP contribution in [0.2, 0.25) is 0 Å². The zero-order valence-electron chi connectivity index (χ0n) is 15.5. The fourth-order valence-corrected chi connectivity index (χ4v) is 1.77. The molecule has 0 bridgehead atoms. The van der Waals surface area contributed by atoms with Gasteiger partial charge in [0.2, 0.25) is 6.41 Å². The number of nitrogens with zero attached hydrogens (tertiary/aromatic N) is 1. The number of benzene rings is 1. The van der Waals surface area contributed by atoms with Gasteiger partial charge in [0, 0.05) is 12.1 Å². The summed E-state index contributed by atoms with van der Waals surface area (Å²) in [5, 5.41) is 1.97. The van der Waals surface area contributed by atoms with E-state index in [-0.39, 0.29) is 11.3 Å². The fourth-order valence-electron chi connectivity index (χ4n) is 1.77. The van der Waals surface area contributed by atoms with Crippen LogP contribution >= 0.6 is 0 Å². The topological polar surface area (TPSA) is 84.9 Å². The van der Waals surface area contributed by atoms with E-state index in [0.29, 0.717) is 12.1 Å². The highest BCUT2D eigenvalue weighted by Crippen LogP contribution is 2.29. The summed E-state index contributed by atoms with van der Waals surface area (Å²) in [6.45, 7) is 9.29. The number of carbonyl (C=O) groups excluding carboxylic acids is 3. The molecule has 1 aromatic carbocycles. The number of halogens is 2. The Labute approximate surface area is 150 Å². The Morgan fingerprint density at radius 2 is 1.42 bits per heavy atom. The average Bonchev–Trinajstić information content (AvgIpc) is 2.40. The van der Waals surface area contributed by atoms with Crippen LogP contribution in [0.1, 0.15) is 41.5 Å². The van der Waals surface area contributed by atoms with Crippen LogP contribution in [0.4, 0.5) is 29.7 Å². The standard InChI is InChI=1S/C17H22F2N2O5/c1-16(2,3)25-14(23)21(15(24)26-17(4,5)6)13-8-10(18)12(20-9-22)7-11(13)19/h7-9H,1-6H3,(H,20,22). The highest BCUT2D eigenvalue weighted by Gasteiger charge is 2.35. The van der Waals surface area contributed by atoms with Crippen molar-refractivity contribution in [3.8, 4) is 0 Å². The van der Waals surface area contributed by atoms with Crippen LogP contribution in [0.3, 0.4) is 0 Å². The average molecular weight is 372 g/mol. The Hall–Kier alpha value is -2.71. The van der Waals surface area contributed by atoms with Crippen molar-refractivity contribution in [3.05, 3.63) is 23.8 Å². The molecule has 0 aromatic heterocycles. The number of nitrogens with one attached hydrogen (secondary N) is 1. The minimum Gasteiger partial charge on any atom is -0.443 e. The van der Waals surface area contributed by atoms with Gasteiger partial charge in [-0.15, -0.1) is 0 Å². The second-order valence-corrected chi connectivity index (χ2v) is 7.34.